The lowest BCUT2D eigenvalue weighted by Gasteiger charge is -2.21. The van der Waals surface area contributed by atoms with Gasteiger partial charge in [0.1, 0.15) is 6.04 Å². The van der Waals surface area contributed by atoms with Crippen LogP contribution in [0.2, 0.25) is 0 Å². The Kier molecular flexibility index (Phi) is 7.61. The highest BCUT2D eigenvalue weighted by atomic mass is 16.5. The van der Waals surface area contributed by atoms with E-state index in [0.717, 1.165) is 12.0 Å². The van der Waals surface area contributed by atoms with Gasteiger partial charge in [-0.25, -0.2) is 9.59 Å². The van der Waals surface area contributed by atoms with Crippen LogP contribution in [0, 0.1) is 5.92 Å². The number of para-hydroxylation sites is 1. The summed E-state index contributed by atoms with van der Waals surface area (Å²) in [6.07, 6.45) is 5.02. The Balaban J connectivity index is 1.78. The Labute approximate surface area is 154 Å². The highest BCUT2D eigenvalue weighted by Crippen LogP contribution is 2.08. The number of hydrogen-bond donors (Lipinski definition) is 2. The summed E-state index contributed by atoms with van der Waals surface area (Å²) >= 11 is 0. The number of ether oxygens (including phenoxy) is 1. The Morgan fingerprint density at radius 3 is 2.54 bits per heavy atom. The van der Waals surface area contributed by atoms with Crippen LogP contribution in [0.25, 0.3) is 0 Å². The highest BCUT2D eigenvalue weighted by molar-refractivity contribution is 5.92. The number of carbonyl (C=O) groups excluding carboxylic acids is 2. The first-order chi connectivity index (χ1) is 12.6. The number of pyridine rings is 1. The maximum absolute atomic E-state index is 12.3. The maximum atomic E-state index is 12.3. The van der Waals surface area contributed by atoms with Crippen molar-refractivity contribution in [2.45, 2.75) is 32.7 Å². The van der Waals surface area contributed by atoms with Crippen molar-refractivity contribution in [3.8, 4) is 0 Å². The standard InChI is InChI=1S/C20H25N3O3/c1-15(2)18(23-20(25)22-17-10-4-3-5-11-17)19(24)26-13-7-9-16-8-6-12-21-14-16/h3-6,8,10-12,14-15,18H,7,9,13H2,1-2H3,(H2,22,23,25). The van der Waals surface area contributed by atoms with Crippen molar-refractivity contribution in [2.75, 3.05) is 11.9 Å². The van der Waals surface area contributed by atoms with Gasteiger partial charge in [0.15, 0.2) is 0 Å². The third-order valence-corrected chi connectivity index (χ3v) is 3.82. The minimum atomic E-state index is -0.697. The van der Waals surface area contributed by atoms with Gasteiger partial charge in [-0.05, 0) is 42.5 Å². The molecule has 2 aromatic rings. The lowest BCUT2D eigenvalue weighted by atomic mass is 10.1. The van der Waals surface area contributed by atoms with E-state index in [1.54, 1.807) is 24.5 Å². The van der Waals surface area contributed by atoms with Crippen molar-refractivity contribution in [1.29, 1.82) is 0 Å². The minimum absolute atomic E-state index is 0.0812. The van der Waals surface area contributed by atoms with E-state index < -0.39 is 18.0 Å². The summed E-state index contributed by atoms with van der Waals surface area (Å²) in [6, 6.07) is 11.8. The van der Waals surface area contributed by atoms with E-state index in [0.29, 0.717) is 18.7 Å². The van der Waals surface area contributed by atoms with Crippen molar-refractivity contribution in [1.82, 2.24) is 10.3 Å². The summed E-state index contributed by atoms with van der Waals surface area (Å²) in [5, 5.41) is 5.39. The van der Waals surface area contributed by atoms with Crippen LogP contribution in [0.4, 0.5) is 10.5 Å². The number of hydrogen-bond acceptors (Lipinski definition) is 4. The molecule has 6 nitrogen and oxygen atoms in total. The van der Waals surface area contributed by atoms with Crippen molar-refractivity contribution >= 4 is 17.7 Å². The number of nitrogens with one attached hydrogen (secondary N) is 2. The molecule has 1 unspecified atom stereocenters. The maximum Gasteiger partial charge on any atom is 0.328 e. The van der Waals surface area contributed by atoms with Crippen LogP contribution in [0.15, 0.2) is 54.9 Å². The number of urea groups is 1. The average Bonchev–Trinajstić information content (AvgIpc) is 2.64. The van der Waals surface area contributed by atoms with Crippen molar-refractivity contribution < 1.29 is 14.3 Å². The van der Waals surface area contributed by atoms with Gasteiger partial charge in [-0.15, -0.1) is 0 Å². The Hall–Kier alpha value is -2.89. The molecule has 0 saturated carbocycles. The fraction of sp³-hybridized carbons (Fsp3) is 0.350. The summed E-state index contributed by atoms with van der Waals surface area (Å²) in [7, 11) is 0. The van der Waals surface area contributed by atoms with Crippen LogP contribution in [0.1, 0.15) is 25.8 Å². The molecule has 0 radical (unpaired) electrons. The summed E-state index contributed by atoms with van der Waals surface area (Å²) in [5.41, 5.74) is 1.77. The number of amides is 2. The molecule has 0 aliphatic rings. The number of benzene rings is 1. The minimum Gasteiger partial charge on any atom is -0.464 e. The van der Waals surface area contributed by atoms with Gasteiger partial charge < -0.3 is 15.4 Å². The predicted octanol–water partition coefficient (Wildman–Crippen LogP) is 3.40. The molecule has 138 valence electrons. The van der Waals surface area contributed by atoms with Crippen LogP contribution in [0.3, 0.4) is 0 Å². The van der Waals surface area contributed by atoms with Crippen LogP contribution >= 0.6 is 0 Å². The van der Waals surface area contributed by atoms with Gasteiger partial charge in [0.05, 0.1) is 6.61 Å². The van der Waals surface area contributed by atoms with Gasteiger partial charge in [-0.3, -0.25) is 4.98 Å². The predicted molar refractivity (Wildman–Crippen MR) is 101 cm³/mol. The monoisotopic (exact) mass is 355 g/mol. The van der Waals surface area contributed by atoms with E-state index in [2.05, 4.69) is 15.6 Å². The smallest absolute Gasteiger partial charge is 0.328 e. The second-order valence-electron chi connectivity index (χ2n) is 6.32. The van der Waals surface area contributed by atoms with Crippen LogP contribution < -0.4 is 10.6 Å². The SMILES string of the molecule is CC(C)C(NC(=O)Nc1ccccc1)C(=O)OCCCc1cccnc1. The number of aromatic nitrogens is 1. The first kappa shape index (κ1) is 19.4. The highest BCUT2D eigenvalue weighted by Gasteiger charge is 2.25. The Bertz CT molecular complexity index is 690. The number of anilines is 1. The summed E-state index contributed by atoms with van der Waals surface area (Å²) in [5.74, 6) is -0.503. The molecule has 1 heterocycles. The molecule has 0 spiro atoms. The largest absolute Gasteiger partial charge is 0.464 e. The first-order valence-electron chi connectivity index (χ1n) is 8.74. The topological polar surface area (TPSA) is 80.3 Å². The van der Waals surface area contributed by atoms with Crippen molar-refractivity contribution in [3.05, 3.63) is 60.4 Å². The number of rotatable bonds is 8. The zero-order valence-corrected chi connectivity index (χ0v) is 15.1. The van der Waals surface area contributed by atoms with Crippen molar-refractivity contribution in [3.63, 3.8) is 0 Å². The van der Waals surface area contributed by atoms with Crippen LogP contribution in [-0.4, -0.2) is 29.6 Å². The summed E-state index contributed by atoms with van der Waals surface area (Å²) in [4.78, 5) is 28.5. The molecule has 1 aromatic carbocycles. The molecule has 2 N–H and O–H groups in total. The van der Waals surface area contributed by atoms with E-state index in [1.165, 1.54) is 0 Å². The Morgan fingerprint density at radius 1 is 1.12 bits per heavy atom. The molecule has 1 atom stereocenters. The number of nitrogens with zero attached hydrogens (tertiary/aromatic N) is 1. The second-order valence-corrected chi connectivity index (χ2v) is 6.32. The molecule has 1 aromatic heterocycles. The molecular formula is C20H25N3O3. The number of carbonyl (C=O) groups is 2. The molecule has 0 saturated heterocycles. The fourth-order valence-electron chi connectivity index (χ4n) is 2.41. The third kappa shape index (κ3) is 6.55. The zero-order valence-electron chi connectivity index (χ0n) is 15.1. The van der Waals surface area contributed by atoms with E-state index in [-0.39, 0.29) is 5.92 Å². The lowest BCUT2D eigenvalue weighted by Crippen LogP contribution is -2.47. The molecule has 0 fully saturated rings. The molecule has 6 heteroatoms. The van der Waals surface area contributed by atoms with Crippen LogP contribution in [0.5, 0.6) is 0 Å². The Morgan fingerprint density at radius 2 is 1.88 bits per heavy atom. The normalized spacial score (nSPS) is 11.7. The average molecular weight is 355 g/mol. The molecule has 2 rings (SSSR count). The number of esters is 1. The number of aryl methyl sites for hydroxylation is 1. The van der Waals surface area contributed by atoms with E-state index in [1.807, 2.05) is 44.2 Å². The third-order valence-electron chi connectivity index (χ3n) is 3.82. The van der Waals surface area contributed by atoms with Crippen LogP contribution in [-0.2, 0) is 16.0 Å². The second kappa shape index (κ2) is 10.2. The van der Waals surface area contributed by atoms with Gasteiger partial charge >= 0.3 is 12.0 Å². The van der Waals surface area contributed by atoms with Gasteiger partial charge in [0.25, 0.3) is 0 Å². The van der Waals surface area contributed by atoms with Gasteiger partial charge in [-0.1, -0.05) is 38.1 Å². The quantitative estimate of drug-likeness (QED) is 0.562. The fourth-order valence-corrected chi connectivity index (χ4v) is 2.41. The molecule has 0 aliphatic heterocycles. The first-order valence-corrected chi connectivity index (χ1v) is 8.74. The van der Waals surface area contributed by atoms with Gasteiger partial charge in [-0.2, -0.15) is 0 Å². The molecule has 2 amide bonds. The molecule has 0 aliphatic carbocycles. The molecule has 26 heavy (non-hydrogen) atoms. The lowest BCUT2D eigenvalue weighted by molar-refractivity contribution is -0.147. The van der Waals surface area contributed by atoms with Gasteiger partial charge in [0, 0.05) is 18.1 Å². The molecule has 0 bridgehead atoms. The zero-order chi connectivity index (χ0) is 18.8. The summed E-state index contributed by atoms with van der Waals surface area (Å²) in [6.45, 7) is 4.04. The van der Waals surface area contributed by atoms with E-state index >= 15 is 0 Å². The van der Waals surface area contributed by atoms with E-state index in [4.69, 9.17) is 4.74 Å². The van der Waals surface area contributed by atoms with Gasteiger partial charge in [0.2, 0.25) is 0 Å². The van der Waals surface area contributed by atoms with E-state index in [9.17, 15) is 9.59 Å². The molecular weight excluding hydrogens is 330 g/mol. The van der Waals surface area contributed by atoms with Crippen molar-refractivity contribution in [2.24, 2.45) is 5.92 Å². The summed E-state index contributed by atoms with van der Waals surface area (Å²) < 4.78 is 5.34.